The van der Waals surface area contributed by atoms with Crippen molar-refractivity contribution in [3.05, 3.63) is 36.0 Å². The Morgan fingerprint density at radius 3 is 2.81 bits per heavy atom. The minimum Gasteiger partial charge on any atom is -0.356 e. The summed E-state index contributed by atoms with van der Waals surface area (Å²) in [4.78, 5) is 9.08. The van der Waals surface area contributed by atoms with E-state index in [-0.39, 0.29) is 0 Å². The van der Waals surface area contributed by atoms with Crippen LogP contribution in [0.1, 0.15) is 25.8 Å². The number of anilines is 3. The Bertz CT molecular complexity index is 609. The molecule has 2 aromatic rings. The van der Waals surface area contributed by atoms with E-state index in [1.807, 2.05) is 0 Å². The van der Waals surface area contributed by atoms with Gasteiger partial charge >= 0.3 is 0 Å². The van der Waals surface area contributed by atoms with Gasteiger partial charge in [-0.25, -0.2) is 0 Å². The molecule has 0 unspecified atom stereocenters. The van der Waals surface area contributed by atoms with Crippen molar-refractivity contribution in [1.82, 2.24) is 15.2 Å². The molecule has 0 saturated carbocycles. The molecule has 0 atom stereocenters. The first kappa shape index (κ1) is 13.8. The second-order valence-electron chi connectivity index (χ2n) is 5.17. The summed E-state index contributed by atoms with van der Waals surface area (Å²) in [6.07, 6.45) is 3.98. The van der Waals surface area contributed by atoms with Gasteiger partial charge in [0.1, 0.15) is 0 Å². The van der Waals surface area contributed by atoms with Crippen LogP contribution in [0.3, 0.4) is 0 Å². The molecule has 3 rings (SSSR count). The molecule has 0 radical (unpaired) electrons. The first-order chi connectivity index (χ1) is 10.3. The molecule has 1 aromatic heterocycles. The number of hydrogen-bond acceptors (Lipinski definition) is 5. The number of para-hydroxylation sites is 1. The van der Waals surface area contributed by atoms with Crippen molar-refractivity contribution >= 4 is 17.5 Å². The highest BCUT2D eigenvalue weighted by atomic mass is 15.4. The Hall–Kier alpha value is -2.17. The molecular weight excluding hydrogens is 262 g/mol. The molecule has 110 valence electrons. The van der Waals surface area contributed by atoms with Gasteiger partial charge in [-0.3, -0.25) is 0 Å². The Kier molecular flexibility index (Phi) is 3.99. The van der Waals surface area contributed by atoms with Gasteiger partial charge in [0.15, 0.2) is 5.82 Å². The van der Waals surface area contributed by atoms with Crippen molar-refractivity contribution in [2.75, 3.05) is 29.4 Å². The fourth-order valence-corrected chi connectivity index (χ4v) is 2.84. The lowest BCUT2D eigenvalue weighted by molar-refractivity contribution is 0.735. The average molecular weight is 283 g/mol. The summed E-state index contributed by atoms with van der Waals surface area (Å²) in [6, 6.07) is 8.48. The van der Waals surface area contributed by atoms with Crippen LogP contribution in [0.5, 0.6) is 0 Å². The van der Waals surface area contributed by atoms with E-state index in [4.69, 9.17) is 4.98 Å². The van der Waals surface area contributed by atoms with E-state index in [1.165, 1.54) is 11.3 Å². The highest BCUT2D eigenvalue weighted by Crippen LogP contribution is 2.31. The summed E-state index contributed by atoms with van der Waals surface area (Å²) in [7, 11) is 0. The largest absolute Gasteiger partial charge is 0.356 e. The van der Waals surface area contributed by atoms with E-state index in [0.29, 0.717) is 5.95 Å². The van der Waals surface area contributed by atoms with Crippen molar-refractivity contribution in [2.24, 2.45) is 0 Å². The van der Waals surface area contributed by atoms with Crippen LogP contribution in [0.4, 0.5) is 17.5 Å². The van der Waals surface area contributed by atoms with Crippen LogP contribution < -0.4 is 9.80 Å². The summed E-state index contributed by atoms with van der Waals surface area (Å²) in [5, 5.41) is 8.40. The summed E-state index contributed by atoms with van der Waals surface area (Å²) in [5.41, 5.74) is 2.57. The predicted molar refractivity (Wildman–Crippen MR) is 85.2 cm³/mol. The molecule has 0 spiro atoms. The zero-order chi connectivity index (χ0) is 14.7. The highest BCUT2D eigenvalue weighted by molar-refractivity contribution is 5.63. The topological polar surface area (TPSA) is 45.2 Å². The van der Waals surface area contributed by atoms with Crippen molar-refractivity contribution < 1.29 is 0 Å². The number of rotatable bonds is 4. The Morgan fingerprint density at radius 2 is 2.00 bits per heavy atom. The minimum atomic E-state index is 0.701. The monoisotopic (exact) mass is 283 g/mol. The molecule has 1 aliphatic heterocycles. The first-order valence-electron chi connectivity index (χ1n) is 7.63. The van der Waals surface area contributed by atoms with Gasteiger partial charge in [-0.05, 0) is 38.3 Å². The second-order valence-corrected chi connectivity index (χ2v) is 5.17. The molecule has 5 nitrogen and oxygen atoms in total. The lowest BCUT2D eigenvalue weighted by Gasteiger charge is -2.29. The maximum absolute atomic E-state index is 4.72. The highest BCUT2D eigenvalue weighted by Gasteiger charge is 2.20. The van der Waals surface area contributed by atoms with E-state index in [2.05, 4.69) is 58.1 Å². The summed E-state index contributed by atoms with van der Waals surface area (Å²) < 4.78 is 0. The van der Waals surface area contributed by atoms with Gasteiger partial charge in [-0.15, -0.1) is 5.10 Å². The number of nitrogens with zero attached hydrogens (tertiary/aromatic N) is 5. The van der Waals surface area contributed by atoms with Crippen LogP contribution >= 0.6 is 0 Å². The van der Waals surface area contributed by atoms with Gasteiger partial charge < -0.3 is 9.80 Å². The van der Waals surface area contributed by atoms with Crippen LogP contribution in [0.2, 0.25) is 0 Å². The van der Waals surface area contributed by atoms with Crippen LogP contribution in [0, 0.1) is 0 Å². The molecule has 5 heteroatoms. The third-order valence-corrected chi connectivity index (χ3v) is 3.97. The molecule has 0 N–H and O–H groups in total. The first-order valence-corrected chi connectivity index (χ1v) is 7.63. The smallest absolute Gasteiger partial charge is 0.251 e. The fraction of sp³-hybridized carbons (Fsp3) is 0.438. The maximum Gasteiger partial charge on any atom is 0.251 e. The predicted octanol–water partition coefficient (Wildman–Crippen LogP) is 2.80. The van der Waals surface area contributed by atoms with Crippen LogP contribution in [0.25, 0.3) is 0 Å². The van der Waals surface area contributed by atoms with Crippen molar-refractivity contribution in [3.8, 4) is 0 Å². The SMILES string of the molecule is CCN(CC)c1cnnc(N2CCCc3ccccc32)n1. The third-order valence-electron chi connectivity index (χ3n) is 3.97. The minimum absolute atomic E-state index is 0.701. The normalized spacial score (nSPS) is 13.9. The quantitative estimate of drug-likeness (QED) is 0.863. The molecule has 2 heterocycles. The van der Waals surface area contributed by atoms with E-state index >= 15 is 0 Å². The molecule has 21 heavy (non-hydrogen) atoms. The second kappa shape index (κ2) is 6.08. The number of benzene rings is 1. The number of aromatic nitrogens is 3. The zero-order valence-electron chi connectivity index (χ0n) is 12.7. The zero-order valence-corrected chi connectivity index (χ0v) is 12.7. The lowest BCUT2D eigenvalue weighted by atomic mass is 10.0. The molecule has 0 fully saturated rings. The molecule has 0 saturated heterocycles. The van der Waals surface area contributed by atoms with Gasteiger partial charge in [-0.1, -0.05) is 18.2 Å². The van der Waals surface area contributed by atoms with Crippen molar-refractivity contribution in [3.63, 3.8) is 0 Å². The number of aryl methyl sites for hydroxylation is 1. The average Bonchev–Trinajstić information content (AvgIpc) is 2.56. The van der Waals surface area contributed by atoms with Crippen molar-refractivity contribution in [2.45, 2.75) is 26.7 Å². The maximum atomic E-state index is 4.72. The van der Waals surface area contributed by atoms with E-state index in [9.17, 15) is 0 Å². The van der Waals surface area contributed by atoms with Crippen LogP contribution in [0.15, 0.2) is 30.5 Å². The number of fused-ring (bicyclic) bond motifs is 1. The fourth-order valence-electron chi connectivity index (χ4n) is 2.84. The van der Waals surface area contributed by atoms with Gasteiger partial charge in [0.2, 0.25) is 0 Å². The summed E-state index contributed by atoms with van der Waals surface area (Å²) >= 11 is 0. The third kappa shape index (κ3) is 2.68. The van der Waals surface area contributed by atoms with E-state index < -0.39 is 0 Å². The molecular formula is C16H21N5. The molecule has 1 aliphatic rings. The molecule has 0 bridgehead atoms. The van der Waals surface area contributed by atoms with Crippen molar-refractivity contribution in [1.29, 1.82) is 0 Å². The van der Waals surface area contributed by atoms with Gasteiger partial charge in [-0.2, -0.15) is 10.1 Å². The Labute approximate surface area is 125 Å². The molecule has 0 aliphatic carbocycles. The van der Waals surface area contributed by atoms with Crippen LogP contribution in [-0.4, -0.2) is 34.8 Å². The lowest BCUT2D eigenvalue weighted by Crippen LogP contribution is -2.28. The Morgan fingerprint density at radius 1 is 1.19 bits per heavy atom. The van der Waals surface area contributed by atoms with Gasteiger partial charge in [0.25, 0.3) is 5.95 Å². The summed E-state index contributed by atoms with van der Waals surface area (Å²) in [6.45, 7) is 7.04. The number of hydrogen-bond donors (Lipinski definition) is 0. The van der Waals surface area contributed by atoms with E-state index in [0.717, 1.165) is 38.3 Å². The van der Waals surface area contributed by atoms with E-state index in [1.54, 1.807) is 6.20 Å². The van der Waals surface area contributed by atoms with Gasteiger partial charge in [0.05, 0.1) is 6.20 Å². The van der Waals surface area contributed by atoms with Crippen LogP contribution in [-0.2, 0) is 6.42 Å². The Balaban J connectivity index is 1.96. The standard InChI is InChI=1S/C16H21N5/c1-3-20(4-2)15-12-17-19-16(18-15)21-11-7-9-13-8-5-6-10-14(13)21/h5-6,8,10,12H,3-4,7,9,11H2,1-2H3. The molecule has 1 aromatic carbocycles. The van der Waals surface area contributed by atoms with Gasteiger partial charge in [0, 0.05) is 25.3 Å². The summed E-state index contributed by atoms with van der Waals surface area (Å²) in [5.74, 6) is 1.60. The molecule has 0 amide bonds.